The van der Waals surface area contributed by atoms with Gasteiger partial charge in [-0.05, 0) is 55.8 Å². The van der Waals surface area contributed by atoms with Crippen LogP contribution in [0, 0.1) is 16.7 Å². The molecule has 1 aliphatic rings. The Kier molecular flexibility index (Phi) is 7.81. The van der Waals surface area contributed by atoms with E-state index in [1.165, 1.54) is 12.8 Å². The topological polar surface area (TPSA) is 97.6 Å². The number of carbonyl (C=O) groups excluding carboxylic acids is 1. The van der Waals surface area contributed by atoms with Gasteiger partial charge in [-0.2, -0.15) is 5.26 Å². The van der Waals surface area contributed by atoms with Crippen molar-refractivity contribution >= 4 is 11.7 Å². The molecule has 0 spiro atoms. The smallest absolute Gasteiger partial charge is 0.314 e. The number of carbonyl (C=O) groups is 1. The minimum absolute atomic E-state index is 0.0929. The van der Waals surface area contributed by atoms with E-state index in [1.54, 1.807) is 32.2 Å². The molecule has 1 fully saturated rings. The van der Waals surface area contributed by atoms with E-state index in [4.69, 9.17) is 19.2 Å². The van der Waals surface area contributed by atoms with E-state index in [9.17, 15) is 10.1 Å². The number of methoxy groups -OCH3 is 1. The molecule has 0 bridgehead atoms. The maximum Gasteiger partial charge on any atom is 0.314 e. The zero-order chi connectivity index (χ0) is 25.5. The molecule has 0 N–H and O–H groups in total. The van der Waals surface area contributed by atoms with E-state index in [1.807, 2.05) is 12.1 Å². The van der Waals surface area contributed by atoms with Gasteiger partial charge in [0.05, 0.1) is 37.0 Å². The molecular weight excluding hydrogens is 456 g/mol. The van der Waals surface area contributed by atoms with Gasteiger partial charge in [-0.3, -0.25) is 4.79 Å². The second-order valence-corrected chi connectivity index (χ2v) is 9.29. The molecular formula is C28H30N4O4. The molecule has 4 rings (SSSR count). The predicted octanol–water partition coefficient (Wildman–Crippen LogP) is 4.02. The van der Waals surface area contributed by atoms with Crippen molar-refractivity contribution < 1.29 is 19.0 Å². The summed E-state index contributed by atoms with van der Waals surface area (Å²) in [5.41, 5.74) is 3.37. The van der Waals surface area contributed by atoms with Gasteiger partial charge in [0.25, 0.3) is 0 Å². The van der Waals surface area contributed by atoms with Crippen LogP contribution in [0.25, 0.3) is 11.3 Å². The fourth-order valence-corrected chi connectivity index (χ4v) is 3.97. The van der Waals surface area contributed by atoms with E-state index in [2.05, 4.69) is 40.2 Å². The third kappa shape index (κ3) is 5.99. The van der Waals surface area contributed by atoms with Crippen molar-refractivity contribution in [3.05, 3.63) is 71.7 Å². The summed E-state index contributed by atoms with van der Waals surface area (Å²) < 4.78 is 16.0. The minimum atomic E-state index is -0.831. The number of hydrogen-bond donors (Lipinski definition) is 0. The highest BCUT2D eigenvalue weighted by atomic mass is 16.5. The van der Waals surface area contributed by atoms with Crippen molar-refractivity contribution in [1.82, 2.24) is 9.97 Å². The summed E-state index contributed by atoms with van der Waals surface area (Å²) in [4.78, 5) is 23.4. The van der Waals surface area contributed by atoms with Crippen molar-refractivity contribution in [3.63, 3.8) is 0 Å². The molecule has 0 amide bonds. The maximum atomic E-state index is 11.9. The SMILES string of the molecule is COC(=O)C(C)(C)COc1ccc(-c2ccnc(Cc3ccc(N4CCOCC4)cc3)n2)cc1C#N. The van der Waals surface area contributed by atoms with Crippen LogP contribution in [0.1, 0.15) is 30.8 Å². The van der Waals surface area contributed by atoms with Crippen LogP contribution in [-0.4, -0.2) is 56.0 Å². The number of hydrogen-bond acceptors (Lipinski definition) is 8. The number of nitrogens with zero attached hydrogens (tertiary/aromatic N) is 4. The lowest BCUT2D eigenvalue weighted by atomic mass is 9.95. The first-order valence-electron chi connectivity index (χ1n) is 11.9. The average Bonchev–Trinajstić information content (AvgIpc) is 2.92. The number of esters is 1. The monoisotopic (exact) mass is 486 g/mol. The second-order valence-electron chi connectivity index (χ2n) is 9.29. The molecule has 36 heavy (non-hydrogen) atoms. The second kappa shape index (κ2) is 11.2. The van der Waals surface area contributed by atoms with Crippen molar-refractivity contribution in [3.8, 4) is 23.1 Å². The number of morpholine rings is 1. The van der Waals surface area contributed by atoms with Crippen LogP contribution >= 0.6 is 0 Å². The molecule has 0 unspecified atom stereocenters. The van der Waals surface area contributed by atoms with Crippen molar-refractivity contribution in [1.29, 1.82) is 5.26 Å². The lowest BCUT2D eigenvalue weighted by molar-refractivity contribution is -0.152. The molecule has 2 aromatic carbocycles. The standard InChI is InChI=1S/C28H30N4O4/c1-28(2,27(33)34-3)19-36-25-9-6-21(17-22(25)18-29)24-10-11-30-26(31-24)16-20-4-7-23(8-5-20)32-12-14-35-15-13-32/h4-11,17H,12-16,19H2,1-3H3. The van der Waals surface area contributed by atoms with Crippen LogP contribution in [0.15, 0.2) is 54.7 Å². The van der Waals surface area contributed by atoms with Crippen molar-refractivity contribution in [2.75, 3.05) is 44.9 Å². The molecule has 8 nitrogen and oxygen atoms in total. The van der Waals surface area contributed by atoms with Gasteiger partial charge in [-0.15, -0.1) is 0 Å². The summed E-state index contributed by atoms with van der Waals surface area (Å²) in [6.07, 6.45) is 2.33. The van der Waals surface area contributed by atoms with Crippen LogP contribution in [0.5, 0.6) is 5.75 Å². The third-order valence-corrected chi connectivity index (χ3v) is 6.10. The van der Waals surface area contributed by atoms with Crippen LogP contribution in [0.3, 0.4) is 0 Å². The quantitative estimate of drug-likeness (QED) is 0.441. The molecule has 186 valence electrons. The van der Waals surface area contributed by atoms with Gasteiger partial charge < -0.3 is 19.1 Å². The van der Waals surface area contributed by atoms with E-state index >= 15 is 0 Å². The molecule has 0 atom stereocenters. The van der Waals surface area contributed by atoms with Crippen molar-refractivity contribution in [2.45, 2.75) is 20.3 Å². The van der Waals surface area contributed by atoms with Gasteiger partial charge in [0.1, 0.15) is 24.3 Å². The molecule has 1 aliphatic heterocycles. The summed E-state index contributed by atoms with van der Waals surface area (Å²) in [5.74, 6) is 0.736. The Balaban J connectivity index is 1.46. The number of aromatic nitrogens is 2. The lowest BCUT2D eigenvalue weighted by Gasteiger charge is -2.28. The summed E-state index contributed by atoms with van der Waals surface area (Å²) in [6.45, 7) is 6.89. The van der Waals surface area contributed by atoms with Gasteiger partial charge in [-0.1, -0.05) is 12.1 Å². The van der Waals surface area contributed by atoms with Gasteiger partial charge in [0, 0.05) is 37.0 Å². The molecule has 1 saturated heterocycles. The Morgan fingerprint density at radius 3 is 2.58 bits per heavy atom. The van der Waals surface area contributed by atoms with Gasteiger partial charge in [-0.25, -0.2) is 9.97 Å². The Morgan fingerprint density at radius 2 is 1.89 bits per heavy atom. The molecule has 2 heterocycles. The summed E-state index contributed by atoms with van der Waals surface area (Å²) in [5, 5.41) is 9.68. The number of ether oxygens (including phenoxy) is 3. The molecule has 0 saturated carbocycles. The Labute approximate surface area is 211 Å². The Morgan fingerprint density at radius 1 is 1.14 bits per heavy atom. The highest BCUT2D eigenvalue weighted by Gasteiger charge is 2.30. The summed E-state index contributed by atoms with van der Waals surface area (Å²) in [7, 11) is 1.34. The molecule has 0 aliphatic carbocycles. The first kappa shape index (κ1) is 25.1. The predicted molar refractivity (Wildman–Crippen MR) is 136 cm³/mol. The van der Waals surface area contributed by atoms with Crippen LogP contribution in [0.2, 0.25) is 0 Å². The average molecular weight is 487 g/mol. The van der Waals surface area contributed by atoms with Gasteiger partial charge >= 0.3 is 5.97 Å². The largest absolute Gasteiger partial charge is 0.491 e. The summed E-state index contributed by atoms with van der Waals surface area (Å²) >= 11 is 0. The van der Waals surface area contributed by atoms with E-state index in [0.29, 0.717) is 23.6 Å². The molecule has 8 heteroatoms. The highest BCUT2D eigenvalue weighted by Crippen LogP contribution is 2.28. The van der Waals surface area contributed by atoms with E-state index < -0.39 is 5.41 Å². The molecule has 3 aromatic rings. The number of anilines is 1. The van der Waals surface area contributed by atoms with Gasteiger partial charge in [0.15, 0.2) is 0 Å². The molecule has 0 radical (unpaired) electrons. The maximum absolute atomic E-state index is 11.9. The van der Waals surface area contributed by atoms with E-state index in [0.717, 1.165) is 43.1 Å². The highest BCUT2D eigenvalue weighted by molar-refractivity contribution is 5.76. The first-order valence-corrected chi connectivity index (χ1v) is 11.9. The fraction of sp³-hybridized carbons (Fsp3) is 0.357. The zero-order valence-electron chi connectivity index (χ0n) is 20.9. The van der Waals surface area contributed by atoms with Crippen molar-refractivity contribution in [2.24, 2.45) is 5.41 Å². The lowest BCUT2D eigenvalue weighted by Crippen LogP contribution is -2.36. The number of nitriles is 1. The van der Waals surface area contributed by atoms with Crippen LogP contribution in [-0.2, 0) is 20.7 Å². The van der Waals surface area contributed by atoms with Crippen LogP contribution < -0.4 is 9.64 Å². The van der Waals surface area contributed by atoms with Gasteiger partial charge in [0.2, 0.25) is 0 Å². The normalized spacial score (nSPS) is 13.7. The first-order chi connectivity index (χ1) is 17.4. The third-order valence-electron chi connectivity index (χ3n) is 6.10. The number of rotatable bonds is 8. The molecule has 1 aromatic heterocycles. The summed E-state index contributed by atoms with van der Waals surface area (Å²) in [6, 6.07) is 17.8. The number of benzene rings is 2. The minimum Gasteiger partial charge on any atom is -0.491 e. The fourth-order valence-electron chi connectivity index (χ4n) is 3.97. The van der Waals surface area contributed by atoms with Crippen LogP contribution in [0.4, 0.5) is 5.69 Å². The Hall–Kier alpha value is -3.96. The van der Waals surface area contributed by atoms with E-state index in [-0.39, 0.29) is 12.6 Å². The Bertz CT molecular complexity index is 1250. The zero-order valence-corrected chi connectivity index (χ0v) is 20.9.